The van der Waals surface area contributed by atoms with Crippen LogP contribution in [0.15, 0.2) is 192 Å². The Balaban J connectivity index is 1.03. The van der Waals surface area contributed by atoms with Crippen molar-refractivity contribution in [2.45, 2.75) is 118 Å². The molecule has 0 saturated carbocycles. The summed E-state index contributed by atoms with van der Waals surface area (Å²) in [7, 11) is 0. The summed E-state index contributed by atoms with van der Waals surface area (Å²) in [5.74, 6) is 3.89. The summed E-state index contributed by atoms with van der Waals surface area (Å²) in [5.41, 5.74) is 19.4. The first-order chi connectivity index (χ1) is 39.9. The minimum Gasteiger partial charge on any atom is -0.455 e. The molecule has 8 heteroatoms. The zero-order valence-electron chi connectivity index (χ0n) is 49.7. The van der Waals surface area contributed by atoms with E-state index < -0.39 is 5.67 Å². The molecule has 0 N–H and O–H groups in total. The molecule has 0 aliphatic rings. The van der Waals surface area contributed by atoms with Crippen molar-refractivity contribution in [3.05, 3.63) is 222 Å². The van der Waals surface area contributed by atoms with Crippen LogP contribution < -0.4 is 4.74 Å². The molecule has 0 atom stereocenters. The first-order valence-corrected chi connectivity index (χ1v) is 29.4. The van der Waals surface area contributed by atoms with Crippen molar-refractivity contribution in [1.29, 1.82) is 0 Å². The lowest BCUT2D eigenvalue weighted by Gasteiger charge is -2.24. The Bertz CT molecular complexity index is 4300. The molecular formula is C75H72FN5O2. The van der Waals surface area contributed by atoms with Crippen molar-refractivity contribution in [2.24, 2.45) is 0 Å². The van der Waals surface area contributed by atoms with Crippen LogP contribution in [0.3, 0.4) is 0 Å². The smallest absolute Gasteiger partial charge is 0.198 e. The van der Waals surface area contributed by atoms with Gasteiger partial charge in [0.05, 0.1) is 33.4 Å². The van der Waals surface area contributed by atoms with Crippen LogP contribution in [0.5, 0.6) is 11.5 Å². The van der Waals surface area contributed by atoms with E-state index in [-0.39, 0.29) is 29.6 Å². The molecule has 83 heavy (non-hydrogen) atoms. The fraction of sp³-hybridized carbons (Fsp3) is 0.240. The van der Waals surface area contributed by atoms with E-state index in [0.717, 1.165) is 56.0 Å². The van der Waals surface area contributed by atoms with Gasteiger partial charge >= 0.3 is 0 Å². The van der Waals surface area contributed by atoms with Gasteiger partial charge in [-0.25, -0.2) is 19.3 Å². The number of hydrogen-bond donors (Lipinski definition) is 0. The van der Waals surface area contributed by atoms with Crippen LogP contribution in [-0.2, 0) is 5.67 Å². The molecule has 0 aliphatic heterocycles. The number of benzene rings is 9. The lowest BCUT2D eigenvalue weighted by atomic mass is 9.87. The second kappa shape index (κ2) is 21.8. The standard InChI is InChI=1S/C75H72FN5O2/c1-44(2)59-37-54(50-24-17-14-18-25-50)38-60(45(3)4)70(59)80-65-29-20-19-28-63(65)77-72(80)53-26-21-27-58(36-53)82-67-41-56(42-68-69(67)79-74(83-68)48(9)10)73-78-64-43-57(75(11,12)76)34-35-66(64)81(73)71-61(46(5)6)39-55(40-62(71)47(7)8)52-32-30-51(31-33-52)49-22-15-13-16-23-49/h13-48H,1-12H3. The monoisotopic (exact) mass is 1090 g/mol. The molecule has 0 bridgehead atoms. The third kappa shape index (κ3) is 10.3. The normalized spacial score (nSPS) is 12.2. The topological polar surface area (TPSA) is 70.9 Å². The van der Waals surface area contributed by atoms with Gasteiger partial charge in [0.2, 0.25) is 0 Å². The SMILES string of the molecule is CC(C)c1nc2c(Oc3cccc(-c4nc5ccccc5n4-c4c(C(C)C)cc(-c5ccccc5)cc4C(C)C)c3)cc(-c3nc4cc(C(C)(C)F)ccc4n3-c3c(C(C)C)cc(-c4ccc(-c5ccccc5)cc4)cc3C(C)C)cc2o1. The zero-order chi connectivity index (χ0) is 58.0. The van der Waals surface area contributed by atoms with Gasteiger partial charge in [0, 0.05) is 17.0 Å². The van der Waals surface area contributed by atoms with E-state index in [2.05, 4.69) is 218 Å². The first-order valence-electron chi connectivity index (χ1n) is 29.4. The van der Waals surface area contributed by atoms with Crippen molar-refractivity contribution in [3.63, 3.8) is 0 Å². The lowest BCUT2D eigenvalue weighted by Crippen LogP contribution is -2.10. The molecule has 3 heterocycles. The molecule has 9 aromatic carbocycles. The number of fused-ring (bicyclic) bond motifs is 3. The van der Waals surface area contributed by atoms with Gasteiger partial charge in [-0.15, -0.1) is 0 Å². The van der Waals surface area contributed by atoms with Gasteiger partial charge in [-0.1, -0.05) is 184 Å². The number of halogens is 1. The molecule has 0 amide bonds. The summed E-state index contributed by atoms with van der Waals surface area (Å²) >= 11 is 0. The van der Waals surface area contributed by atoms with Gasteiger partial charge in [-0.05, 0) is 172 Å². The summed E-state index contributed by atoms with van der Waals surface area (Å²) in [6, 6.07) is 66.0. The molecule has 3 aromatic heterocycles. The maximum absolute atomic E-state index is 16.0. The largest absolute Gasteiger partial charge is 0.455 e. The van der Waals surface area contributed by atoms with Gasteiger partial charge in [-0.3, -0.25) is 9.13 Å². The van der Waals surface area contributed by atoms with Crippen LogP contribution in [0.25, 0.3) is 101 Å². The number of ether oxygens (including phenoxy) is 1. The van der Waals surface area contributed by atoms with Crippen LogP contribution in [0.4, 0.5) is 4.39 Å². The van der Waals surface area contributed by atoms with E-state index in [1.54, 1.807) is 13.8 Å². The zero-order valence-corrected chi connectivity index (χ0v) is 49.7. The highest BCUT2D eigenvalue weighted by Crippen LogP contribution is 2.45. The fourth-order valence-corrected chi connectivity index (χ4v) is 11.7. The number of nitrogens with zero attached hydrogens (tertiary/aromatic N) is 5. The number of hydrogen-bond acceptors (Lipinski definition) is 5. The molecule has 0 fully saturated rings. The van der Waals surface area contributed by atoms with Crippen LogP contribution in [-0.4, -0.2) is 24.1 Å². The van der Waals surface area contributed by atoms with Crippen LogP contribution >= 0.6 is 0 Å². The Morgan fingerprint density at radius 2 is 0.880 bits per heavy atom. The predicted octanol–water partition coefficient (Wildman–Crippen LogP) is 21.5. The number of imidazole rings is 2. The third-order valence-electron chi connectivity index (χ3n) is 16.2. The Morgan fingerprint density at radius 3 is 1.42 bits per heavy atom. The summed E-state index contributed by atoms with van der Waals surface area (Å²) in [6.07, 6.45) is 0. The number of para-hydroxylation sites is 2. The highest BCUT2D eigenvalue weighted by atomic mass is 19.1. The molecule has 416 valence electrons. The highest BCUT2D eigenvalue weighted by Gasteiger charge is 2.29. The summed E-state index contributed by atoms with van der Waals surface area (Å²) in [4.78, 5) is 16.0. The first kappa shape index (κ1) is 54.7. The highest BCUT2D eigenvalue weighted by molar-refractivity contribution is 5.91. The van der Waals surface area contributed by atoms with Crippen molar-refractivity contribution >= 4 is 33.2 Å². The summed E-state index contributed by atoms with van der Waals surface area (Å²) in [6.45, 7) is 25.5. The number of oxazole rings is 1. The van der Waals surface area contributed by atoms with Gasteiger partial charge in [0.1, 0.15) is 23.1 Å². The molecule has 0 saturated heterocycles. The van der Waals surface area contributed by atoms with E-state index in [0.29, 0.717) is 45.4 Å². The number of alkyl halides is 1. The van der Waals surface area contributed by atoms with Gasteiger partial charge in [0.15, 0.2) is 22.7 Å². The van der Waals surface area contributed by atoms with Crippen LogP contribution in [0.1, 0.15) is 146 Å². The van der Waals surface area contributed by atoms with Crippen LogP contribution in [0.2, 0.25) is 0 Å². The van der Waals surface area contributed by atoms with Crippen molar-refractivity contribution in [1.82, 2.24) is 24.1 Å². The summed E-state index contributed by atoms with van der Waals surface area (Å²) < 4.78 is 34.5. The summed E-state index contributed by atoms with van der Waals surface area (Å²) in [5, 5.41) is 0. The third-order valence-corrected chi connectivity index (χ3v) is 16.2. The Hall–Kier alpha value is -8.88. The Kier molecular flexibility index (Phi) is 14.4. The maximum atomic E-state index is 16.0. The molecule has 0 spiro atoms. The average Bonchev–Trinajstić information content (AvgIpc) is 2.26. The van der Waals surface area contributed by atoms with Crippen molar-refractivity contribution in [3.8, 4) is 79.0 Å². The van der Waals surface area contributed by atoms with Gasteiger partial charge in [0.25, 0.3) is 0 Å². The quantitative estimate of drug-likeness (QED) is 0.102. The Morgan fingerprint density at radius 1 is 0.410 bits per heavy atom. The molecule has 0 aliphatic carbocycles. The van der Waals surface area contributed by atoms with Gasteiger partial charge in [-0.2, -0.15) is 0 Å². The fourth-order valence-electron chi connectivity index (χ4n) is 11.7. The molecular weight excluding hydrogens is 1020 g/mol. The van der Waals surface area contributed by atoms with E-state index in [1.807, 2.05) is 48.5 Å². The van der Waals surface area contributed by atoms with E-state index in [4.69, 9.17) is 24.1 Å². The van der Waals surface area contributed by atoms with E-state index >= 15 is 4.39 Å². The van der Waals surface area contributed by atoms with Gasteiger partial charge < -0.3 is 9.15 Å². The molecule has 0 unspecified atom stereocenters. The minimum atomic E-state index is -1.59. The predicted molar refractivity (Wildman–Crippen MR) is 342 cm³/mol. The Labute approximate surface area is 487 Å². The van der Waals surface area contributed by atoms with Crippen molar-refractivity contribution in [2.75, 3.05) is 0 Å². The second-order valence-electron chi connectivity index (χ2n) is 24.3. The second-order valence-corrected chi connectivity index (χ2v) is 24.3. The molecule has 0 radical (unpaired) electrons. The number of rotatable bonds is 15. The maximum Gasteiger partial charge on any atom is 0.198 e. The minimum absolute atomic E-state index is 0.00514. The van der Waals surface area contributed by atoms with Crippen molar-refractivity contribution < 1.29 is 13.5 Å². The number of aromatic nitrogens is 5. The molecule has 12 aromatic rings. The molecule has 12 rings (SSSR count). The van der Waals surface area contributed by atoms with E-state index in [9.17, 15) is 0 Å². The average molecular weight is 1090 g/mol. The lowest BCUT2D eigenvalue weighted by molar-refractivity contribution is 0.221. The van der Waals surface area contributed by atoms with Crippen LogP contribution in [0, 0.1) is 0 Å². The van der Waals surface area contributed by atoms with E-state index in [1.165, 1.54) is 44.5 Å². The molecule has 7 nitrogen and oxygen atoms in total.